The maximum Gasteiger partial charge on any atom is 0.411 e. The molecule has 1 fully saturated rings. The van der Waals surface area contributed by atoms with Crippen LogP contribution < -0.4 is 0 Å². The number of likely N-dealkylation sites (tertiary alicyclic amines) is 1. The van der Waals surface area contributed by atoms with Crippen LogP contribution in [0.15, 0.2) is 24.3 Å². The highest BCUT2D eigenvalue weighted by Gasteiger charge is 2.44. The Morgan fingerprint density at radius 3 is 2.35 bits per heavy atom. The van der Waals surface area contributed by atoms with Gasteiger partial charge >= 0.3 is 12.1 Å². The van der Waals surface area contributed by atoms with Crippen LogP contribution in [0, 0.1) is 0 Å². The maximum atomic E-state index is 12.4. The molecule has 0 aliphatic carbocycles. The van der Waals surface area contributed by atoms with Crippen LogP contribution in [-0.2, 0) is 14.3 Å². The van der Waals surface area contributed by atoms with Crippen LogP contribution in [0.3, 0.4) is 0 Å². The molecule has 0 aromatic heterocycles. The van der Waals surface area contributed by atoms with Gasteiger partial charge in [-0.15, -0.1) is 0 Å². The van der Waals surface area contributed by atoms with E-state index in [4.69, 9.17) is 9.47 Å². The Balaban J connectivity index is 2.26. The second-order valence-corrected chi connectivity index (χ2v) is 6.63. The average Bonchev–Trinajstić information content (AvgIpc) is 2.90. The monoisotopic (exact) mass is 321 g/mol. The van der Waals surface area contributed by atoms with Crippen LogP contribution >= 0.6 is 0 Å². The van der Waals surface area contributed by atoms with Gasteiger partial charge in [-0.25, -0.2) is 9.59 Å². The first kappa shape index (κ1) is 17.1. The van der Waals surface area contributed by atoms with Gasteiger partial charge in [-0.2, -0.15) is 0 Å². The van der Waals surface area contributed by atoms with Crippen molar-refractivity contribution in [3.63, 3.8) is 0 Å². The fourth-order valence-electron chi connectivity index (χ4n) is 2.80. The van der Waals surface area contributed by atoms with Gasteiger partial charge in [0.2, 0.25) is 0 Å². The van der Waals surface area contributed by atoms with Gasteiger partial charge in [-0.3, -0.25) is 4.90 Å². The van der Waals surface area contributed by atoms with Crippen molar-refractivity contribution < 1.29 is 24.2 Å². The molecule has 23 heavy (non-hydrogen) atoms. The van der Waals surface area contributed by atoms with E-state index in [1.807, 2.05) is 0 Å². The molecule has 6 heteroatoms. The molecule has 0 saturated carbocycles. The van der Waals surface area contributed by atoms with Crippen molar-refractivity contribution in [2.75, 3.05) is 13.7 Å². The van der Waals surface area contributed by atoms with E-state index in [0.29, 0.717) is 13.0 Å². The zero-order chi connectivity index (χ0) is 17.2. The molecule has 1 saturated heterocycles. The normalized spacial score (nSPS) is 21.1. The van der Waals surface area contributed by atoms with Crippen LogP contribution in [0.4, 0.5) is 4.79 Å². The second kappa shape index (κ2) is 6.48. The lowest BCUT2D eigenvalue weighted by atomic mass is 9.91. The van der Waals surface area contributed by atoms with Gasteiger partial charge in [0, 0.05) is 12.5 Å². The van der Waals surface area contributed by atoms with E-state index >= 15 is 0 Å². The largest absolute Gasteiger partial charge is 0.508 e. The zero-order valence-electron chi connectivity index (χ0n) is 13.9. The Bertz CT molecular complexity index is 576. The molecule has 6 nitrogen and oxygen atoms in total. The van der Waals surface area contributed by atoms with Crippen LogP contribution in [0.2, 0.25) is 0 Å². The number of phenols is 1. The average molecular weight is 321 g/mol. The number of benzene rings is 1. The van der Waals surface area contributed by atoms with Crippen molar-refractivity contribution in [2.45, 2.75) is 44.8 Å². The maximum absolute atomic E-state index is 12.4. The molecule has 1 heterocycles. The number of carbonyl (C=O) groups is 2. The quantitative estimate of drug-likeness (QED) is 0.848. The highest BCUT2D eigenvalue weighted by molar-refractivity contribution is 5.83. The standard InChI is InChI=1S/C17H23NO5/c1-17(2,3)23-16(21)18-10-9-13(14(18)15(20)22-4)11-5-7-12(19)8-6-11/h5-8,13-14,19H,9-10H2,1-4H3/t13-,14+/m1/s1. The third kappa shape index (κ3) is 3.94. The molecule has 0 spiro atoms. The molecular formula is C17H23NO5. The Kier molecular flexibility index (Phi) is 4.82. The van der Waals surface area contributed by atoms with Crippen molar-refractivity contribution in [1.29, 1.82) is 0 Å². The van der Waals surface area contributed by atoms with Crippen molar-refractivity contribution in [3.8, 4) is 5.75 Å². The summed E-state index contributed by atoms with van der Waals surface area (Å²) in [6, 6.07) is 5.93. The summed E-state index contributed by atoms with van der Waals surface area (Å²) < 4.78 is 10.3. The SMILES string of the molecule is COC(=O)[C@@H]1[C@@H](c2ccc(O)cc2)CCN1C(=O)OC(C)(C)C. The number of amides is 1. The summed E-state index contributed by atoms with van der Waals surface area (Å²) >= 11 is 0. The number of aromatic hydroxyl groups is 1. The van der Waals surface area contributed by atoms with E-state index in [9.17, 15) is 14.7 Å². The van der Waals surface area contributed by atoms with E-state index in [0.717, 1.165) is 5.56 Å². The highest BCUT2D eigenvalue weighted by atomic mass is 16.6. The topological polar surface area (TPSA) is 76.1 Å². The van der Waals surface area contributed by atoms with E-state index in [1.54, 1.807) is 45.0 Å². The van der Waals surface area contributed by atoms with Crippen LogP contribution in [0.1, 0.15) is 38.7 Å². The summed E-state index contributed by atoms with van der Waals surface area (Å²) in [5.41, 5.74) is 0.248. The molecule has 2 atom stereocenters. The van der Waals surface area contributed by atoms with E-state index < -0.39 is 23.7 Å². The molecule has 0 unspecified atom stereocenters. The Labute approximate surface area is 136 Å². The zero-order valence-corrected chi connectivity index (χ0v) is 13.9. The molecule has 1 aromatic carbocycles. The number of ether oxygens (including phenoxy) is 2. The Morgan fingerprint density at radius 1 is 1.22 bits per heavy atom. The third-order valence-electron chi connectivity index (χ3n) is 3.79. The first-order chi connectivity index (χ1) is 10.7. The number of methoxy groups -OCH3 is 1. The predicted molar refractivity (Wildman–Crippen MR) is 84.2 cm³/mol. The summed E-state index contributed by atoms with van der Waals surface area (Å²) in [7, 11) is 1.31. The van der Waals surface area contributed by atoms with Gasteiger partial charge in [0.1, 0.15) is 17.4 Å². The Hall–Kier alpha value is -2.24. The van der Waals surface area contributed by atoms with Crippen molar-refractivity contribution in [2.24, 2.45) is 0 Å². The van der Waals surface area contributed by atoms with Crippen LogP contribution in [0.25, 0.3) is 0 Å². The van der Waals surface area contributed by atoms with Gasteiger partial charge in [0.25, 0.3) is 0 Å². The first-order valence-corrected chi connectivity index (χ1v) is 7.59. The third-order valence-corrected chi connectivity index (χ3v) is 3.79. The van der Waals surface area contributed by atoms with Gasteiger partial charge in [0.05, 0.1) is 7.11 Å². The molecule has 1 aromatic rings. The van der Waals surface area contributed by atoms with Crippen molar-refractivity contribution >= 4 is 12.1 Å². The van der Waals surface area contributed by atoms with E-state index in [1.165, 1.54) is 12.0 Å². The smallest absolute Gasteiger partial charge is 0.411 e. The van der Waals surface area contributed by atoms with E-state index in [-0.39, 0.29) is 11.7 Å². The van der Waals surface area contributed by atoms with Gasteiger partial charge in [-0.05, 0) is 44.9 Å². The molecule has 0 bridgehead atoms. The number of nitrogens with zero attached hydrogens (tertiary/aromatic N) is 1. The number of hydrogen-bond donors (Lipinski definition) is 1. The summed E-state index contributed by atoms with van der Waals surface area (Å²) in [5.74, 6) is -0.493. The molecule has 1 aliphatic heterocycles. The van der Waals surface area contributed by atoms with Crippen molar-refractivity contribution in [1.82, 2.24) is 4.90 Å². The minimum atomic E-state index is -0.723. The summed E-state index contributed by atoms with van der Waals surface area (Å²) in [6.07, 6.45) is 0.109. The lowest BCUT2D eigenvalue weighted by molar-refractivity contribution is -0.146. The van der Waals surface area contributed by atoms with Gasteiger partial charge in [-0.1, -0.05) is 12.1 Å². The van der Waals surface area contributed by atoms with Gasteiger partial charge < -0.3 is 14.6 Å². The number of hydrogen-bond acceptors (Lipinski definition) is 5. The predicted octanol–water partition coefficient (Wildman–Crippen LogP) is 2.66. The lowest BCUT2D eigenvalue weighted by Gasteiger charge is -2.29. The van der Waals surface area contributed by atoms with Crippen LogP contribution in [-0.4, -0.2) is 47.4 Å². The fraction of sp³-hybridized carbons (Fsp3) is 0.529. The molecular weight excluding hydrogens is 298 g/mol. The minimum absolute atomic E-state index is 0.158. The number of carbonyl (C=O) groups excluding carboxylic acids is 2. The minimum Gasteiger partial charge on any atom is -0.508 e. The van der Waals surface area contributed by atoms with E-state index in [2.05, 4.69) is 0 Å². The van der Waals surface area contributed by atoms with Crippen molar-refractivity contribution in [3.05, 3.63) is 29.8 Å². The Morgan fingerprint density at radius 2 is 1.83 bits per heavy atom. The molecule has 2 rings (SSSR count). The van der Waals surface area contributed by atoms with Gasteiger partial charge in [0.15, 0.2) is 0 Å². The fourth-order valence-corrected chi connectivity index (χ4v) is 2.80. The summed E-state index contributed by atoms with van der Waals surface area (Å²) in [6.45, 7) is 5.77. The number of rotatable bonds is 2. The molecule has 126 valence electrons. The van der Waals surface area contributed by atoms with Crippen LogP contribution in [0.5, 0.6) is 5.75 Å². The lowest BCUT2D eigenvalue weighted by Crippen LogP contribution is -2.45. The summed E-state index contributed by atoms with van der Waals surface area (Å²) in [4.78, 5) is 26.0. The number of phenolic OH excluding ortho intramolecular Hbond substituents is 1. The highest BCUT2D eigenvalue weighted by Crippen LogP contribution is 2.35. The molecule has 0 radical (unpaired) electrons. The molecule has 1 aliphatic rings. The number of esters is 1. The molecule has 1 amide bonds. The molecule has 1 N–H and O–H groups in total. The summed E-state index contributed by atoms with van der Waals surface area (Å²) in [5, 5.41) is 9.41. The first-order valence-electron chi connectivity index (χ1n) is 7.59. The second-order valence-electron chi connectivity index (χ2n) is 6.63.